The highest BCUT2D eigenvalue weighted by atomic mass is 16.5. The lowest BCUT2D eigenvalue weighted by Gasteiger charge is -2.16. The number of ether oxygens (including phenoxy) is 1. The van der Waals surface area contributed by atoms with Crippen LogP contribution in [0.25, 0.3) is 22.3 Å². The summed E-state index contributed by atoms with van der Waals surface area (Å²) >= 11 is 0. The highest BCUT2D eigenvalue weighted by Gasteiger charge is 2.21. The molecule has 3 aromatic heterocycles. The lowest BCUT2D eigenvalue weighted by molar-refractivity contribution is 0.0937. The summed E-state index contributed by atoms with van der Waals surface area (Å²) in [5.74, 6) is 0.611. The summed E-state index contributed by atoms with van der Waals surface area (Å²) in [7, 11) is 3.47. The van der Waals surface area contributed by atoms with Crippen LogP contribution in [0.4, 0.5) is 0 Å². The molecule has 4 rings (SSSR count). The summed E-state index contributed by atoms with van der Waals surface area (Å²) in [6.07, 6.45) is 0. The van der Waals surface area contributed by atoms with E-state index < -0.39 is 0 Å². The van der Waals surface area contributed by atoms with E-state index in [-0.39, 0.29) is 11.9 Å². The van der Waals surface area contributed by atoms with Crippen molar-refractivity contribution in [2.24, 2.45) is 7.05 Å². The van der Waals surface area contributed by atoms with Gasteiger partial charge in [-0.3, -0.25) is 14.2 Å². The van der Waals surface area contributed by atoms with Crippen LogP contribution >= 0.6 is 0 Å². The van der Waals surface area contributed by atoms with Crippen LogP contribution < -0.4 is 10.1 Å². The fraction of sp³-hybridized carbons (Fsp3) is 0.333. The van der Waals surface area contributed by atoms with Gasteiger partial charge in [0.2, 0.25) is 0 Å². The van der Waals surface area contributed by atoms with Crippen LogP contribution in [0.15, 0.2) is 36.4 Å². The molecule has 1 aromatic carbocycles. The third-order valence-electron chi connectivity index (χ3n) is 5.53. The number of amides is 1. The van der Waals surface area contributed by atoms with Gasteiger partial charge in [-0.15, -0.1) is 0 Å². The van der Waals surface area contributed by atoms with Crippen molar-refractivity contribution in [3.05, 3.63) is 59.0 Å². The molecule has 8 heteroatoms. The van der Waals surface area contributed by atoms with E-state index in [2.05, 4.69) is 15.5 Å². The summed E-state index contributed by atoms with van der Waals surface area (Å²) in [5, 5.41) is 12.9. The number of carbonyl (C=O) groups is 1. The van der Waals surface area contributed by atoms with Gasteiger partial charge in [0.25, 0.3) is 5.91 Å². The van der Waals surface area contributed by atoms with Crippen LogP contribution in [-0.4, -0.2) is 43.6 Å². The largest absolute Gasteiger partial charge is 0.497 e. The van der Waals surface area contributed by atoms with Gasteiger partial charge < -0.3 is 10.1 Å². The van der Waals surface area contributed by atoms with Gasteiger partial charge in [0.15, 0.2) is 5.65 Å². The molecule has 1 N–H and O–H groups in total. The number of methoxy groups -OCH3 is 1. The minimum atomic E-state index is -0.155. The monoisotopic (exact) mass is 432 g/mol. The molecule has 0 aliphatic heterocycles. The number of nitrogens with zero attached hydrogens (tertiary/aromatic N) is 5. The molecule has 32 heavy (non-hydrogen) atoms. The van der Waals surface area contributed by atoms with Crippen molar-refractivity contribution in [3.8, 4) is 17.0 Å². The van der Waals surface area contributed by atoms with Gasteiger partial charge >= 0.3 is 0 Å². The number of fused-ring (bicyclic) bond motifs is 1. The van der Waals surface area contributed by atoms with E-state index in [0.29, 0.717) is 23.4 Å². The van der Waals surface area contributed by atoms with Gasteiger partial charge in [-0.25, -0.2) is 4.98 Å². The topological polar surface area (TPSA) is 86.9 Å². The van der Waals surface area contributed by atoms with E-state index in [9.17, 15) is 4.79 Å². The molecule has 4 aromatic rings. The fourth-order valence-electron chi connectivity index (χ4n) is 4.00. The van der Waals surface area contributed by atoms with Crippen LogP contribution in [0.5, 0.6) is 5.75 Å². The third-order valence-corrected chi connectivity index (χ3v) is 5.53. The quantitative estimate of drug-likeness (QED) is 0.503. The Bertz CT molecular complexity index is 1290. The molecule has 0 aliphatic carbocycles. The van der Waals surface area contributed by atoms with E-state index >= 15 is 0 Å². The normalized spacial score (nSPS) is 12.2. The van der Waals surface area contributed by atoms with Crippen molar-refractivity contribution >= 4 is 16.9 Å². The maximum Gasteiger partial charge on any atom is 0.252 e. The summed E-state index contributed by atoms with van der Waals surface area (Å²) in [4.78, 5) is 18.2. The maximum absolute atomic E-state index is 13.4. The Hall–Kier alpha value is -3.68. The Labute approximate surface area is 187 Å². The van der Waals surface area contributed by atoms with Gasteiger partial charge in [0, 0.05) is 24.3 Å². The van der Waals surface area contributed by atoms with Crippen molar-refractivity contribution in [1.82, 2.24) is 29.9 Å². The minimum absolute atomic E-state index is 0.106. The highest BCUT2D eigenvalue weighted by Crippen LogP contribution is 2.28. The van der Waals surface area contributed by atoms with Crippen molar-refractivity contribution in [1.29, 1.82) is 0 Å². The van der Waals surface area contributed by atoms with E-state index in [0.717, 1.165) is 33.8 Å². The van der Waals surface area contributed by atoms with Crippen molar-refractivity contribution in [3.63, 3.8) is 0 Å². The Morgan fingerprint density at radius 1 is 1.12 bits per heavy atom. The second-order valence-electron chi connectivity index (χ2n) is 8.17. The smallest absolute Gasteiger partial charge is 0.252 e. The summed E-state index contributed by atoms with van der Waals surface area (Å²) < 4.78 is 8.89. The number of hydrogen-bond donors (Lipinski definition) is 1. The summed E-state index contributed by atoms with van der Waals surface area (Å²) in [6, 6.07) is 11.4. The van der Waals surface area contributed by atoms with Crippen molar-refractivity contribution < 1.29 is 9.53 Å². The van der Waals surface area contributed by atoms with E-state index in [1.807, 2.05) is 75.8 Å². The zero-order valence-corrected chi connectivity index (χ0v) is 19.3. The number of aryl methyl sites for hydroxylation is 4. The molecular formula is C24H28N6O2. The number of nitrogens with one attached hydrogen (secondary N) is 1. The molecule has 166 valence electrons. The standard InChI is InChI=1S/C24H28N6O2/c1-14-11-16(3)30(27-14)13-15(2)25-24(31)20-12-21(18-7-9-19(32-6)10-8-18)26-23-22(20)17(4)28-29(23)5/h7-12,15H,13H2,1-6H3,(H,25,31). The van der Waals surface area contributed by atoms with Gasteiger partial charge in [0.05, 0.1) is 41.7 Å². The molecule has 8 nitrogen and oxygen atoms in total. The van der Waals surface area contributed by atoms with Gasteiger partial charge in [-0.05, 0) is 64.1 Å². The zero-order chi connectivity index (χ0) is 23.0. The molecule has 0 fully saturated rings. The highest BCUT2D eigenvalue weighted by molar-refractivity contribution is 6.07. The number of benzene rings is 1. The second-order valence-corrected chi connectivity index (χ2v) is 8.17. The SMILES string of the molecule is COc1ccc(-c2cc(C(=O)NC(C)Cn3nc(C)cc3C)c3c(C)nn(C)c3n2)cc1. The van der Waals surface area contributed by atoms with E-state index in [1.54, 1.807) is 11.8 Å². The number of pyridine rings is 1. The Morgan fingerprint density at radius 2 is 1.84 bits per heavy atom. The van der Waals surface area contributed by atoms with Crippen LogP contribution in [-0.2, 0) is 13.6 Å². The second kappa shape index (κ2) is 8.45. The first-order valence-electron chi connectivity index (χ1n) is 10.6. The fourth-order valence-corrected chi connectivity index (χ4v) is 4.00. The predicted molar refractivity (Wildman–Crippen MR) is 124 cm³/mol. The van der Waals surface area contributed by atoms with Crippen LogP contribution in [0, 0.1) is 20.8 Å². The predicted octanol–water partition coefficient (Wildman–Crippen LogP) is 3.58. The lowest BCUT2D eigenvalue weighted by atomic mass is 10.0. The number of aromatic nitrogens is 5. The third kappa shape index (κ3) is 4.08. The first kappa shape index (κ1) is 21.5. The summed E-state index contributed by atoms with van der Waals surface area (Å²) in [5.41, 5.74) is 5.65. The van der Waals surface area contributed by atoms with Gasteiger partial charge in [-0.2, -0.15) is 10.2 Å². The van der Waals surface area contributed by atoms with Crippen LogP contribution in [0.2, 0.25) is 0 Å². The molecule has 0 spiro atoms. The maximum atomic E-state index is 13.4. The molecule has 0 bridgehead atoms. The summed E-state index contributed by atoms with van der Waals surface area (Å²) in [6.45, 7) is 8.45. The average Bonchev–Trinajstić information content (AvgIpc) is 3.23. The van der Waals surface area contributed by atoms with E-state index in [1.165, 1.54) is 0 Å². The molecule has 0 radical (unpaired) electrons. The first-order valence-corrected chi connectivity index (χ1v) is 10.6. The molecule has 1 atom stereocenters. The average molecular weight is 433 g/mol. The number of rotatable bonds is 6. The number of carbonyl (C=O) groups excluding carboxylic acids is 1. The Kier molecular flexibility index (Phi) is 5.69. The zero-order valence-electron chi connectivity index (χ0n) is 19.3. The minimum Gasteiger partial charge on any atom is -0.497 e. The van der Waals surface area contributed by atoms with Crippen molar-refractivity contribution in [2.75, 3.05) is 7.11 Å². The first-order chi connectivity index (χ1) is 15.3. The number of hydrogen-bond acceptors (Lipinski definition) is 5. The molecule has 3 heterocycles. The molecule has 1 unspecified atom stereocenters. The molecule has 0 saturated carbocycles. The Balaban J connectivity index is 1.69. The molecule has 0 saturated heterocycles. The van der Waals surface area contributed by atoms with Gasteiger partial charge in [-0.1, -0.05) is 0 Å². The molecular weight excluding hydrogens is 404 g/mol. The van der Waals surface area contributed by atoms with Crippen LogP contribution in [0.1, 0.15) is 34.4 Å². The van der Waals surface area contributed by atoms with Crippen LogP contribution in [0.3, 0.4) is 0 Å². The van der Waals surface area contributed by atoms with E-state index in [4.69, 9.17) is 9.72 Å². The van der Waals surface area contributed by atoms with Crippen molar-refractivity contribution in [2.45, 2.75) is 40.3 Å². The lowest BCUT2D eigenvalue weighted by Crippen LogP contribution is -2.36. The van der Waals surface area contributed by atoms with Gasteiger partial charge in [0.1, 0.15) is 5.75 Å². The molecule has 0 aliphatic rings. The molecule has 1 amide bonds. The Morgan fingerprint density at radius 3 is 2.47 bits per heavy atom.